The number of amides is 1. The molecule has 0 bridgehead atoms. The predicted octanol–water partition coefficient (Wildman–Crippen LogP) is 3.46. The Balaban J connectivity index is 1.40. The Morgan fingerprint density at radius 1 is 1.11 bits per heavy atom. The molecule has 0 spiro atoms. The van der Waals surface area contributed by atoms with Crippen LogP contribution >= 0.6 is 11.6 Å². The average Bonchev–Trinajstić information content (AvgIpc) is 3.59. The number of hydrogen-bond donors (Lipinski definition) is 2. The topological polar surface area (TPSA) is 146 Å². The van der Waals surface area contributed by atoms with Gasteiger partial charge < -0.3 is 14.3 Å². The molecule has 0 radical (unpaired) electrons. The number of H-pyrrole nitrogens is 1. The highest BCUT2D eigenvalue weighted by Crippen LogP contribution is 2.29. The maximum atomic E-state index is 13.1. The molecule has 0 fully saturated rings. The Kier molecular flexibility index (Phi) is 6.47. The molecule has 0 aliphatic rings. The number of anilines is 1. The van der Waals surface area contributed by atoms with Crippen LogP contribution in [0, 0.1) is 6.92 Å². The van der Waals surface area contributed by atoms with Crippen LogP contribution in [0.5, 0.6) is 0 Å². The van der Waals surface area contributed by atoms with Crippen LogP contribution in [0.25, 0.3) is 28.1 Å². The van der Waals surface area contributed by atoms with Crippen LogP contribution in [-0.4, -0.2) is 52.9 Å². The fourth-order valence-corrected chi connectivity index (χ4v) is 3.99. The van der Waals surface area contributed by atoms with Crippen molar-refractivity contribution in [3.63, 3.8) is 0 Å². The van der Waals surface area contributed by atoms with Crippen LogP contribution in [0.2, 0.25) is 5.02 Å². The van der Waals surface area contributed by atoms with Gasteiger partial charge >= 0.3 is 6.09 Å². The number of benzene rings is 1. The third kappa shape index (κ3) is 5.09. The van der Waals surface area contributed by atoms with Gasteiger partial charge in [0.15, 0.2) is 0 Å². The van der Waals surface area contributed by atoms with E-state index in [0.717, 1.165) is 22.5 Å². The Hall–Kier alpha value is -4.84. The summed E-state index contributed by atoms with van der Waals surface area (Å²) in [6.07, 6.45) is 4.15. The second kappa shape index (κ2) is 10.0. The molecule has 186 valence electrons. The van der Waals surface area contributed by atoms with Crippen LogP contribution < -0.4 is 10.9 Å². The zero-order valence-corrected chi connectivity index (χ0v) is 20.5. The van der Waals surface area contributed by atoms with Gasteiger partial charge in [0.25, 0.3) is 5.56 Å². The SMILES string of the molecule is COC(=O)Nc1ccc(-c2cnc(Cn3c(C)cc(-c4cc(Cl)ccc4-n4cnnn4)cc3=O)[nH]2)cn1. The first-order valence-electron chi connectivity index (χ1n) is 11.0. The van der Waals surface area contributed by atoms with Crippen molar-refractivity contribution in [1.29, 1.82) is 0 Å². The number of nitrogens with zero attached hydrogens (tertiary/aromatic N) is 7. The normalized spacial score (nSPS) is 10.9. The minimum Gasteiger partial charge on any atom is -0.453 e. The average molecular weight is 518 g/mol. The van der Waals surface area contributed by atoms with Crippen LogP contribution in [0.15, 0.2) is 66.0 Å². The van der Waals surface area contributed by atoms with Crippen LogP contribution in [0.3, 0.4) is 0 Å². The summed E-state index contributed by atoms with van der Waals surface area (Å²) in [6, 6.07) is 12.2. The first-order valence-corrected chi connectivity index (χ1v) is 11.4. The van der Waals surface area contributed by atoms with Gasteiger partial charge in [-0.15, -0.1) is 5.10 Å². The lowest BCUT2D eigenvalue weighted by molar-refractivity contribution is 0.187. The molecule has 0 aliphatic carbocycles. The summed E-state index contributed by atoms with van der Waals surface area (Å²) in [7, 11) is 1.28. The van der Waals surface area contributed by atoms with Gasteiger partial charge in [-0.25, -0.2) is 14.8 Å². The lowest BCUT2D eigenvalue weighted by atomic mass is 10.0. The van der Waals surface area contributed by atoms with Gasteiger partial charge in [-0.1, -0.05) is 11.6 Å². The molecule has 0 atom stereocenters. The van der Waals surface area contributed by atoms with Crippen LogP contribution in [0.1, 0.15) is 11.5 Å². The number of carbonyl (C=O) groups excluding carboxylic acids is 1. The highest BCUT2D eigenvalue weighted by atomic mass is 35.5. The van der Waals surface area contributed by atoms with Crippen molar-refractivity contribution in [3.05, 3.63) is 88.1 Å². The lowest BCUT2D eigenvalue weighted by Crippen LogP contribution is -2.23. The summed E-state index contributed by atoms with van der Waals surface area (Å²) in [5.74, 6) is 0.961. The molecular formula is C24H20ClN9O3. The number of aryl methyl sites for hydroxylation is 1. The van der Waals surface area contributed by atoms with Gasteiger partial charge in [-0.2, -0.15) is 4.68 Å². The number of imidazole rings is 1. The van der Waals surface area contributed by atoms with Crippen LogP contribution in [0.4, 0.5) is 10.6 Å². The molecule has 0 saturated heterocycles. The van der Waals surface area contributed by atoms with E-state index in [4.69, 9.17) is 11.6 Å². The number of nitrogens with one attached hydrogen (secondary N) is 2. The van der Waals surface area contributed by atoms with Crippen molar-refractivity contribution in [2.24, 2.45) is 0 Å². The number of ether oxygens (including phenoxy) is 1. The van der Waals surface area contributed by atoms with Gasteiger partial charge in [0, 0.05) is 34.1 Å². The van der Waals surface area contributed by atoms with E-state index in [-0.39, 0.29) is 12.1 Å². The fraction of sp³-hybridized carbons (Fsp3) is 0.125. The number of halogens is 1. The molecule has 1 amide bonds. The maximum absolute atomic E-state index is 13.1. The predicted molar refractivity (Wildman–Crippen MR) is 136 cm³/mol. The Labute approximate surface area is 214 Å². The quantitative estimate of drug-likeness (QED) is 0.348. The number of tetrazole rings is 1. The van der Waals surface area contributed by atoms with E-state index in [1.54, 1.807) is 53.4 Å². The molecule has 0 aliphatic heterocycles. The number of methoxy groups -OCH3 is 1. The van der Waals surface area contributed by atoms with Gasteiger partial charge in [0.05, 0.1) is 31.2 Å². The summed E-state index contributed by atoms with van der Waals surface area (Å²) in [6.45, 7) is 2.10. The number of carbonyl (C=O) groups is 1. The second-order valence-electron chi connectivity index (χ2n) is 8.02. The first-order chi connectivity index (χ1) is 17.9. The minimum atomic E-state index is -0.599. The molecule has 2 N–H and O–H groups in total. The van der Waals surface area contributed by atoms with Gasteiger partial charge in [0.1, 0.15) is 18.0 Å². The molecule has 37 heavy (non-hydrogen) atoms. The van der Waals surface area contributed by atoms with Crippen molar-refractivity contribution in [2.75, 3.05) is 12.4 Å². The molecule has 5 aromatic rings. The van der Waals surface area contributed by atoms with E-state index in [0.29, 0.717) is 27.9 Å². The van der Waals surface area contributed by atoms with Crippen molar-refractivity contribution in [2.45, 2.75) is 13.5 Å². The molecule has 0 saturated carbocycles. The summed E-state index contributed by atoms with van der Waals surface area (Å²) in [5, 5.41) is 14.4. The molecule has 4 heterocycles. The molecular weight excluding hydrogens is 498 g/mol. The Bertz CT molecular complexity index is 1630. The number of aromatic amines is 1. The maximum Gasteiger partial charge on any atom is 0.412 e. The molecule has 4 aromatic heterocycles. The highest BCUT2D eigenvalue weighted by Gasteiger charge is 2.14. The van der Waals surface area contributed by atoms with Crippen molar-refractivity contribution in [3.8, 4) is 28.1 Å². The fourth-order valence-electron chi connectivity index (χ4n) is 3.82. The number of pyridine rings is 2. The monoisotopic (exact) mass is 517 g/mol. The minimum absolute atomic E-state index is 0.199. The zero-order valence-electron chi connectivity index (χ0n) is 19.7. The molecule has 5 rings (SSSR count). The third-order valence-corrected chi connectivity index (χ3v) is 5.86. The smallest absolute Gasteiger partial charge is 0.412 e. The molecule has 13 heteroatoms. The standard InChI is InChI=1S/C24H20ClN9O3/c1-14-7-16(18-9-17(25)4-5-20(18)34-13-28-31-32-34)8-23(35)33(14)12-22-27-11-19(29-22)15-3-6-21(26-10-15)30-24(36)37-2/h3-11,13H,12H2,1-2H3,(H,27,29)(H,26,30,36). The number of aromatic nitrogens is 8. The van der Waals surface area contributed by atoms with E-state index < -0.39 is 6.09 Å². The van der Waals surface area contributed by atoms with E-state index in [9.17, 15) is 9.59 Å². The zero-order chi connectivity index (χ0) is 25.9. The third-order valence-electron chi connectivity index (χ3n) is 5.63. The molecule has 12 nitrogen and oxygen atoms in total. The number of hydrogen-bond acceptors (Lipinski definition) is 8. The van der Waals surface area contributed by atoms with Gasteiger partial charge in [0.2, 0.25) is 0 Å². The lowest BCUT2D eigenvalue weighted by Gasteiger charge is -2.13. The van der Waals surface area contributed by atoms with E-state index in [1.807, 2.05) is 13.0 Å². The number of rotatable bonds is 6. The molecule has 0 unspecified atom stereocenters. The summed E-state index contributed by atoms with van der Waals surface area (Å²) in [4.78, 5) is 36.3. The van der Waals surface area contributed by atoms with Gasteiger partial charge in [-0.05, 0) is 59.3 Å². The Morgan fingerprint density at radius 2 is 1.97 bits per heavy atom. The van der Waals surface area contributed by atoms with Gasteiger partial charge in [-0.3, -0.25) is 10.1 Å². The summed E-state index contributed by atoms with van der Waals surface area (Å²) >= 11 is 6.25. The van der Waals surface area contributed by atoms with Crippen molar-refractivity contribution < 1.29 is 9.53 Å². The van der Waals surface area contributed by atoms with E-state index in [2.05, 4.69) is 40.5 Å². The van der Waals surface area contributed by atoms with Crippen molar-refractivity contribution in [1.82, 2.24) is 39.7 Å². The van der Waals surface area contributed by atoms with Crippen LogP contribution in [-0.2, 0) is 11.3 Å². The van der Waals surface area contributed by atoms with E-state index >= 15 is 0 Å². The Morgan fingerprint density at radius 3 is 2.68 bits per heavy atom. The highest BCUT2D eigenvalue weighted by molar-refractivity contribution is 6.31. The summed E-state index contributed by atoms with van der Waals surface area (Å²) in [5.41, 5.74) is 4.15. The van der Waals surface area contributed by atoms with E-state index in [1.165, 1.54) is 18.1 Å². The van der Waals surface area contributed by atoms with Crippen molar-refractivity contribution >= 4 is 23.5 Å². The first kappa shape index (κ1) is 23.9. The summed E-state index contributed by atoms with van der Waals surface area (Å²) < 4.78 is 7.70. The second-order valence-corrected chi connectivity index (χ2v) is 8.45. The molecule has 1 aromatic carbocycles. The largest absolute Gasteiger partial charge is 0.453 e.